The van der Waals surface area contributed by atoms with Gasteiger partial charge in [-0.15, -0.1) is 0 Å². The second kappa shape index (κ2) is 6.58. The summed E-state index contributed by atoms with van der Waals surface area (Å²) in [5.41, 5.74) is 2.48. The van der Waals surface area contributed by atoms with E-state index in [4.69, 9.17) is 0 Å². The third-order valence-electron chi connectivity index (χ3n) is 6.66. The van der Waals surface area contributed by atoms with Crippen LogP contribution >= 0.6 is 0 Å². The summed E-state index contributed by atoms with van der Waals surface area (Å²) < 4.78 is 0. The number of aliphatic hydroxyl groups excluding tert-OH is 2. The standard InChI is InChI=1S/C23H24O6/c1-4-11-5-9(2)20(26)19-14(11)7-12-6-13-8-15(25)16(10(3)24)21(27)18(13)22(28)17(12)23(19)29/h5,12-13,18,25-26,28H,4,6-8H2,1-3H3. The van der Waals surface area contributed by atoms with Crippen molar-refractivity contribution >= 4 is 17.3 Å². The van der Waals surface area contributed by atoms with E-state index in [-0.39, 0.29) is 52.2 Å². The maximum Gasteiger partial charge on any atom is 0.196 e. The molecule has 3 aliphatic carbocycles. The Morgan fingerprint density at radius 1 is 1.17 bits per heavy atom. The van der Waals surface area contributed by atoms with Gasteiger partial charge in [-0.05, 0) is 61.6 Å². The van der Waals surface area contributed by atoms with E-state index in [1.165, 1.54) is 6.92 Å². The minimum absolute atomic E-state index is 0.0833. The van der Waals surface area contributed by atoms with Crippen LogP contribution < -0.4 is 0 Å². The minimum atomic E-state index is -1.00. The van der Waals surface area contributed by atoms with Crippen LogP contribution in [0.15, 0.2) is 28.7 Å². The lowest BCUT2D eigenvalue weighted by atomic mass is 9.62. The zero-order valence-corrected chi connectivity index (χ0v) is 16.7. The Kier molecular flexibility index (Phi) is 4.41. The molecule has 3 unspecified atom stereocenters. The first-order valence-corrected chi connectivity index (χ1v) is 9.96. The monoisotopic (exact) mass is 396 g/mol. The SMILES string of the molecule is CCc1cc(C)c(O)c2c1CC1CC3CC(O)=C(C(C)=O)C(=O)C3C(O)=C1C2=O. The Balaban J connectivity index is 1.88. The van der Waals surface area contributed by atoms with E-state index < -0.39 is 23.3 Å². The smallest absolute Gasteiger partial charge is 0.196 e. The third-order valence-corrected chi connectivity index (χ3v) is 6.66. The quantitative estimate of drug-likeness (QED) is 0.660. The molecule has 152 valence electrons. The number of carbonyl (C=O) groups excluding carboxylic acids is 3. The van der Waals surface area contributed by atoms with Gasteiger partial charge in [-0.25, -0.2) is 0 Å². The maximum atomic E-state index is 13.3. The summed E-state index contributed by atoms with van der Waals surface area (Å²) >= 11 is 0. The van der Waals surface area contributed by atoms with Crippen LogP contribution in [-0.2, 0) is 22.4 Å². The maximum absolute atomic E-state index is 13.3. The van der Waals surface area contributed by atoms with E-state index in [1.54, 1.807) is 6.92 Å². The largest absolute Gasteiger partial charge is 0.511 e. The highest BCUT2D eigenvalue weighted by Gasteiger charge is 2.50. The molecule has 0 fully saturated rings. The number of rotatable bonds is 2. The van der Waals surface area contributed by atoms with Gasteiger partial charge in [-0.2, -0.15) is 0 Å². The Bertz CT molecular complexity index is 1040. The van der Waals surface area contributed by atoms with E-state index in [2.05, 4.69) is 0 Å². The van der Waals surface area contributed by atoms with Crippen LogP contribution in [0.5, 0.6) is 5.75 Å². The lowest BCUT2D eigenvalue weighted by Gasteiger charge is -2.41. The first-order chi connectivity index (χ1) is 13.7. The van der Waals surface area contributed by atoms with Crippen molar-refractivity contribution in [3.05, 3.63) is 51.0 Å². The minimum Gasteiger partial charge on any atom is -0.511 e. The van der Waals surface area contributed by atoms with Crippen LogP contribution in [0.4, 0.5) is 0 Å². The number of Topliss-reactive ketones (excluding diaryl/α,β-unsaturated/α-hetero) is 3. The number of phenols is 1. The topological polar surface area (TPSA) is 112 Å². The van der Waals surface area contributed by atoms with Crippen molar-refractivity contribution < 1.29 is 29.7 Å². The van der Waals surface area contributed by atoms with Gasteiger partial charge in [0.2, 0.25) is 0 Å². The Labute approximate surface area is 168 Å². The number of hydrogen-bond donors (Lipinski definition) is 3. The molecule has 3 aliphatic rings. The molecule has 0 saturated carbocycles. The van der Waals surface area contributed by atoms with Crippen molar-refractivity contribution in [1.82, 2.24) is 0 Å². The van der Waals surface area contributed by atoms with Gasteiger partial charge in [0.15, 0.2) is 17.3 Å². The number of carbonyl (C=O) groups is 3. The van der Waals surface area contributed by atoms with E-state index in [0.717, 1.165) is 11.1 Å². The molecule has 0 aliphatic heterocycles. The molecule has 4 rings (SSSR count). The highest BCUT2D eigenvalue weighted by Crippen LogP contribution is 2.50. The summed E-state index contributed by atoms with van der Waals surface area (Å²) in [6.07, 6.45) is 1.78. The van der Waals surface area contributed by atoms with Crippen LogP contribution in [0.25, 0.3) is 0 Å². The fourth-order valence-corrected chi connectivity index (χ4v) is 5.36. The van der Waals surface area contributed by atoms with Gasteiger partial charge in [0.25, 0.3) is 0 Å². The first-order valence-electron chi connectivity index (χ1n) is 9.96. The summed E-state index contributed by atoms with van der Waals surface area (Å²) in [7, 11) is 0. The Morgan fingerprint density at radius 2 is 1.86 bits per heavy atom. The van der Waals surface area contributed by atoms with Gasteiger partial charge >= 0.3 is 0 Å². The number of benzene rings is 1. The zero-order valence-electron chi connectivity index (χ0n) is 16.7. The van der Waals surface area contributed by atoms with Crippen LogP contribution in [0.2, 0.25) is 0 Å². The van der Waals surface area contributed by atoms with E-state index in [1.807, 2.05) is 13.0 Å². The summed E-state index contributed by atoms with van der Waals surface area (Å²) in [5.74, 6) is -3.90. The van der Waals surface area contributed by atoms with Crippen molar-refractivity contribution in [2.24, 2.45) is 17.8 Å². The summed E-state index contributed by atoms with van der Waals surface area (Å²) in [5, 5.41) is 31.8. The van der Waals surface area contributed by atoms with Gasteiger partial charge in [-0.1, -0.05) is 13.0 Å². The molecule has 1 aromatic carbocycles. The van der Waals surface area contributed by atoms with E-state index in [9.17, 15) is 29.7 Å². The molecule has 29 heavy (non-hydrogen) atoms. The van der Waals surface area contributed by atoms with Gasteiger partial charge in [0.1, 0.15) is 17.3 Å². The average Bonchev–Trinajstić information content (AvgIpc) is 2.63. The number of fused-ring (bicyclic) bond motifs is 3. The number of allylic oxidation sites excluding steroid dienone is 4. The van der Waals surface area contributed by atoms with Crippen molar-refractivity contribution in [2.75, 3.05) is 0 Å². The number of aryl methyl sites for hydroxylation is 2. The van der Waals surface area contributed by atoms with Crippen LogP contribution in [-0.4, -0.2) is 32.7 Å². The van der Waals surface area contributed by atoms with Crippen LogP contribution in [0.1, 0.15) is 53.7 Å². The number of phenolic OH excluding ortho intramolecular Hbond substituents is 1. The second-order valence-corrected chi connectivity index (χ2v) is 8.36. The number of aliphatic hydroxyl groups is 2. The molecule has 0 aromatic heterocycles. The normalized spacial score (nSPS) is 26.2. The predicted molar refractivity (Wildman–Crippen MR) is 105 cm³/mol. The average molecular weight is 396 g/mol. The summed E-state index contributed by atoms with van der Waals surface area (Å²) in [6, 6.07) is 1.89. The van der Waals surface area contributed by atoms with Crippen LogP contribution in [0.3, 0.4) is 0 Å². The summed E-state index contributed by atoms with van der Waals surface area (Å²) in [6.45, 7) is 4.92. The molecule has 0 heterocycles. The fourth-order valence-electron chi connectivity index (χ4n) is 5.36. The second-order valence-electron chi connectivity index (χ2n) is 8.36. The van der Waals surface area contributed by atoms with E-state index in [0.29, 0.717) is 24.8 Å². The molecule has 1 aromatic rings. The molecular formula is C23H24O6. The van der Waals surface area contributed by atoms with Crippen molar-refractivity contribution in [2.45, 2.75) is 46.5 Å². The molecule has 6 heteroatoms. The van der Waals surface area contributed by atoms with Crippen molar-refractivity contribution in [3.8, 4) is 5.75 Å². The molecule has 6 nitrogen and oxygen atoms in total. The van der Waals surface area contributed by atoms with Gasteiger partial charge in [0.05, 0.1) is 17.1 Å². The number of hydrogen-bond acceptors (Lipinski definition) is 6. The Morgan fingerprint density at radius 3 is 2.48 bits per heavy atom. The third kappa shape index (κ3) is 2.65. The molecule has 3 N–H and O–H groups in total. The lowest BCUT2D eigenvalue weighted by Crippen LogP contribution is -2.42. The number of aromatic hydroxyl groups is 1. The van der Waals surface area contributed by atoms with Crippen LogP contribution in [0, 0.1) is 24.7 Å². The summed E-state index contributed by atoms with van der Waals surface area (Å²) in [4.78, 5) is 38.1. The Hall–Kier alpha value is -2.89. The molecule has 0 radical (unpaired) electrons. The van der Waals surface area contributed by atoms with Crippen molar-refractivity contribution in [3.63, 3.8) is 0 Å². The predicted octanol–water partition coefficient (Wildman–Crippen LogP) is 3.44. The fraction of sp³-hybridized carbons (Fsp3) is 0.435. The molecule has 3 atom stereocenters. The first kappa shape index (κ1) is 19.4. The molecule has 0 spiro atoms. The lowest BCUT2D eigenvalue weighted by molar-refractivity contribution is -0.125. The highest BCUT2D eigenvalue weighted by atomic mass is 16.3. The zero-order chi connectivity index (χ0) is 21.2. The molecule has 0 bridgehead atoms. The van der Waals surface area contributed by atoms with Gasteiger partial charge < -0.3 is 15.3 Å². The van der Waals surface area contributed by atoms with Gasteiger partial charge in [-0.3, -0.25) is 14.4 Å². The molecular weight excluding hydrogens is 372 g/mol. The molecule has 0 amide bonds. The highest BCUT2D eigenvalue weighted by molar-refractivity contribution is 6.22. The van der Waals surface area contributed by atoms with E-state index >= 15 is 0 Å². The molecule has 0 saturated heterocycles. The number of ketones is 3. The van der Waals surface area contributed by atoms with Gasteiger partial charge in [0, 0.05) is 12.0 Å². The van der Waals surface area contributed by atoms with Crippen molar-refractivity contribution in [1.29, 1.82) is 0 Å².